The second kappa shape index (κ2) is 4.59. The highest BCUT2D eigenvalue weighted by molar-refractivity contribution is 5.37. The minimum atomic E-state index is 0.364. The summed E-state index contributed by atoms with van der Waals surface area (Å²) >= 11 is 0. The van der Waals surface area contributed by atoms with Crippen molar-refractivity contribution >= 4 is 0 Å². The van der Waals surface area contributed by atoms with Crippen molar-refractivity contribution in [1.29, 1.82) is 0 Å². The maximum absolute atomic E-state index is 5.63. The number of H-pyrrole nitrogens is 1. The number of hydrogen-bond donors (Lipinski definition) is 2. The van der Waals surface area contributed by atoms with Crippen LogP contribution in [0.1, 0.15) is 23.7 Å². The first-order chi connectivity index (χ1) is 8.43. The van der Waals surface area contributed by atoms with Crippen LogP contribution in [0.2, 0.25) is 0 Å². The minimum Gasteiger partial charge on any atom is -0.493 e. The predicted octanol–water partition coefficient (Wildman–Crippen LogP) is 2.02. The van der Waals surface area contributed by atoms with E-state index in [4.69, 9.17) is 4.74 Å². The molecule has 1 aromatic carbocycles. The third kappa shape index (κ3) is 2.17. The third-order valence-electron chi connectivity index (χ3n) is 3.05. The lowest BCUT2D eigenvalue weighted by Crippen LogP contribution is -2.26. The van der Waals surface area contributed by atoms with Crippen LogP contribution in [0.3, 0.4) is 0 Å². The number of aromatic nitrogens is 2. The number of fused-ring (bicyclic) bond motifs is 1. The van der Waals surface area contributed by atoms with E-state index in [1.807, 2.05) is 18.3 Å². The summed E-state index contributed by atoms with van der Waals surface area (Å²) in [4.78, 5) is 7.11. The summed E-state index contributed by atoms with van der Waals surface area (Å²) in [5, 5.41) is 3.53. The summed E-state index contributed by atoms with van der Waals surface area (Å²) in [5.41, 5.74) is 2.35. The summed E-state index contributed by atoms with van der Waals surface area (Å²) < 4.78 is 5.63. The first-order valence-corrected chi connectivity index (χ1v) is 5.86. The molecule has 1 aliphatic rings. The Morgan fingerprint density at radius 2 is 2.35 bits per heavy atom. The molecule has 0 fully saturated rings. The molecule has 4 nitrogen and oxygen atoms in total. The molecule has 88 valence electrons. The average Bonchev–Trinajstić information content (AvgIpc) is 2.89. The number of ether oxygens (including phenoxy) is 1. The summed E-state index contributed by atoms with van der Waals surface area (Å²) in [6, 6.07) is 8.58. The van der Waals surface area contributed by atoms with Crippen molar-refractivity contribution in [3.63, 3.8) is 0 Å². The van der Waals surface area contributed by atoms with Gasteiger partial charge in [-0.15, -0.1) is 0 Å². The van der Waals surface area contributed by atoms with E-state index >= 15 is 0 Å². The lowest BCUT2D eigenvalue weighted by atomic mass is 10.0. The van der Waals surface area contributed by atoms with Crippen molar-refractivity contribution in [3.05, 3.63) is 48.0 Å². The monoisotopic (exact) mass is 229 g/mol. The van der Waals surface area contributed by atoms with E-state index in [-0.39, 0.29) is 0 Å². The van der Waals surface area contributed by atoms with Crippen LogP contribution >= 0.6 is 0 Å². The Morgan fingerprint density at radius 3 is 3.24 bits per heavy atom. The summed E-state index contributed by atoms with van der Waals surface area (Å²) in [6.45, 7) is 1.58. The SMILES string of the molecule is c1ccc2c(c1)OCCC2NCc1cnc[nH]1. The minimum absolute atomic E-state index is 0.364. The second-order valence-corrected chi connectivity index (χ2v) is 4.19. The van der Waals surface area contributed by atoms with Gasteiger partial charge in [0, 0.05) is 36.5 Å². The molecule has 2 N–H and O–H groups in total. The number of para-hydroxylation sites is 1. The summed E-state index contributed by atoms with van der Waals surface area (Å²) in [7, 11) is 0. The van der Waals surface area contributed by atoms with Gasteiger partial charge in [0.2, 0.25) is 0 Å². The van der Waals surface area contributed by atoms with E-state index in [2.05, 4.69) is 27.4 Å². The van der Waals surface area contributed by atoms with Crippen molar-refractivity contribution in [1.82, 2.24) is 15.3 Å². The Labute approximate surface area is 100 Å². The van der Waals surface area contributed by atoms with Crippen molar-refractivity contribution in [2.45, 2.75) is 19.0 Å². The molecule has 0 amide bonds. The van der Waals surface area contributed by atoms with Gasteiger partial charge in [-0.05, 0) is 6.07 Å². The fourth-order valence-electron chi connectivity index (χ4n) is 2.17. The standard InChI is InChI=1S/C13H15N3O/c1-2-4-13-11(3-1)12(5-6-17-13)15-8-10-7-14-9-16-10/h1-4,7,9,12,15H,5-6,8H2,(H,14,16). The number of hydrogen-bond acceptors (Lipinski definition) is 3. The van der Waals surface area contributed by atoms with Crippen molar-refractivity contribution < 1.29 is 4.74 Å². The summed E-state index contributed by atoms with van der Waals surface area (Å²) in [5.74, 6) is 1.00. The van der Waals surface area contributed by atoms with Gasteiger partial charge in [-0.25, -0.2) is 4.98 Å². The van der Waals surface area contributed by atoms with E-state index in [0.29, 0.717) is 6.04 Å². The molecule has 0 saturated carbocycles. The van der Waals surface area contributed by atoms with Crippen LogP contribution in [-0.2, 0) is 6.54 Å². The van der Waals surface area contributed by atoms with Crippen LogP contribution < -0.4 is 10.1 Å². The first kappa shape index (κ1) is 10.4. The topological polar surface area (TPSA) is 49.9 Å². The third-order valence-corrected chi connectivity index (χ3v) is 3.05. The lowest BCUT2D eigenvalue weighted by molar-refractivity contribution is 0.252. The van der Waals surface area contributed by atoms with E-state index < -0.39 is 0 Å². The Bertz CT molecular complexity index is 481. The maximum atomic E-state index is 5.63. The zero-order valence-corrected chi connectivity index (χ0v) is 9.52. The zero-order valence-electron chi connectivity index (χ0n) is 9.52. The van der Waals surface area contributed by atoms with E-state index in [1.54, 1.807) is 6.33 Å². The summed E-state index contributed by atoms with van der Waals surface area (Å²) in [6.07, 6.45) is 4.55. The second-order valence-electron chi connectivity index (χ2n) is 4.19. The van der Waals surface area contributed by atoms with Gasteiger partial charge < -0.3 is 15.0 Å². The van der Waals surface area contributed by atoms with E-state index in [9.17, 15) is 0 Å². The lowest BCUT2D eigenvalue weighted by Gasteiger charge is -2.26. The van der Waals surface area contributed by atoms with Gasteiger partial charge in [-0.1, -0.05) is 18.2 Å². The zero-order chi connectivity index (χ0) is 11.5. The molecular formula is C13H15N3O. The molecule has 1 aromatic heterocycles. The van der Waals surface area contributed by atoms with Crippen LogP contribution in [-0.4, -0.2) is 16.6 Å². The largest absolute Gasteiger partial charge is 0.493 e. The molecule has 3 rings (SSSR count). The quantitative estimate of drug-likeness (QED) is 0.846. The number of nitrogens with one attached hydrogen (secondary N) is 2. The maximum Gasteiger partial charge on any atom is 0.124 e. The number of imidazole rings is 1. The molecule has 1 unspecified atom stereocenters. The molecule has 0 radical (unpaired) electrons. The predicted molar refractivity (Wildman–Crippen MR) is 64.7 cm³/mol. The normalized spacial score (nSPS) is 18.5. The highest BCUT2D eigenvalue weighted by Crippen LogP contribution is 2.31. The number of aromatic amines is 1. The average molecular weight is 229 g/mol. The molecule has 0 aliphatic carbocycles. The molecule has 1 aliphatic heterocycles. The van der Waals surface area contributed by atoms with Crippen molar-refractivity contribution in [2.24, 2.45) is 0 Å². The van der Waals surface area contributed by atoms with Crippen LogP contribution in [0.25, 0.3) is 0 Å². The van der Waals surface area contributed by atoms with Crippen molar-refractivity contribution in [2.75, 3.05) is 6.61 Å². The van der Waals surface area contributed by atoms with Gasteiger partial charge in [0.25, 0.3) is 0 Å². The van der Waals surface area contributed by atoms with Crippen LogP contribution in [0.4, 0.5) is 0 Å². The number of benzene rings is 1. The van der Waals surface area contributed by atoms with Gasteiger partial charge in [0.1, 0.15) is 5.75 Å². The Balaban J connectivity index is 1.72. The fraction of sp³-hybridized carbons (Fsp3) is 0.308. The number of rotatable bonds is 3. The van der Waals surface area contributed by atoms with Crippen LogP contribution in [0, 0.1) is 0 Å². The fourth-order valence-corrected chi connectivity index (χ4v) is 2.17. The molecule has 1 atom stereocenters. The van der Waals surface area contributed by atoms with Gasteiger partial charge in [-0.3, -0.25) is 0 Å². The van der Waals surface area contributed by atoms with Crippen LogP contribution in [0.5, 0.6) is 5.75 Å². The Kier molecular flexibility index (Phi) is 2.80. The first-order valence-electron chi connectivity index (χ1n) is 5.86. The van der Waals surface area contributed by atoms with Gasteiger partial charge in [0.15, 0.2) is 0 Å². The Hall–Kier alpha value is -1.81. The molecule has 0 spiro atoms. The van der Waals surface area contributed by atoms with Crippen molar-refractivity contribution in [3.8, 4) is 5.75 Å². The molecule has 4 heteroatoms. The number of nitrogens with zero attached hydrogens (tertiary/aromatic N) is 1. The molecule has 0 saturated heterocycles. The van der Waals surface area contributed by atoms with Gasteiger partial charge >= 0.3 is 0 Å². The highest BCUT2D eigenvalue weighted by Gasteiger charge is 2.20. The molecule has 17 heavy (non-hydrogen) atoms. The van der Waals surface area contributed by atoms with Crippen LogP contribution in [0.15, 0.2) is 36.8 Å². The van der Waals surface area contributed by atoms with E-state index in [1.165, 1.54) is 5.56 Å². The van der Waals surface area contributed by atoms with E-state index in [0.717, 1.165) is 31.0 Å². The van der Waals surface area contributed by atoms with Gasteiger partial charge in [0.05, 0.1) is 12.9 Å². The molecule has 2 heterocycles. The molecular weight excluding hydrogens is 214 g/mol. The van der Waals surface area contributed by atoms with Gasteiger partial charge in [-0.2, -0.15) is 0 Å². The Morgan fingerprint density at radius 1 is 1.41 bits per heavy atom. The highest BCUT2D eigenvalue weighted by atomic mass is 16.5. The smallest absolute Gasteiger partial charge is 0.124 e. The molecule has 0 bridgehead atoms. The molecule has 2 aromatic rings.